The van der Waals surface area contributed by atoms with Gasteiger partial charge < -0.3 is 14.8 Å². The van der Waals surface area contributed by atoms with Crippen molar-refractivity contribution < 1.29 is 24.1 Å². The Kier molecular flexibility index (Phi) is 6.22. The Morgan fingerprint density at radius 1 is 1.03 bits per heavy atom. The Morgan fingerprint density at radius 3 is 2.56 bits per heavy atom. The number of nitrogens with zero attached hydrogens (tertiary/aromatic N) is 4. The fraction of sp³-hybridized carbons (Fsp3) is 0.105. The molecule has 0 spiro atoms. The molecule has 1 aliphatic rings. The molecule has 1 aromatic heterocycles. The number of hydrazine groups is 1. The Balaban J connectivity index is 1.49. The topological polar surface area (TPSA) is 184 Å². The van der Waals surface area contributed by atoms with E-state index in [0.717, 1.165) is 18.0 Å². The van der Waals surface area contributed by atoms with E-state index in [1.807, 2.05) is 0 Å². The lowest BCUT2D eigenvalue weighted by Crippen LogP contribution is -2.30. The molecule has 0 aliphatic carbocycles. The molecule has 0 unspecified atom stereocenters. The maximum Gasteiger partial charge on any atom is 0.354 e. The van der Waals surface area contributed by atoms with Crippen LogP contribution in [0.15, 0.2) is 42.7 Å². The lowest BCUT2D eigenvalue weighted by molar-refractivity contribution is -0.384. The number of benzene rings is 2. The van der Waals surface area contributed by atoms with E-state index in [1.54, 1.807) is 18.2 Å². The van der Waals surface area contributed by atoms with Crippen LogP contribution in [0.25, 0.3) is 0 Å². The van der Waals surface area contributed by atoms with Crippen LogP contribution in [0.3, 0.4) is 0 Å². The minimum absolute atomic E-state index is 0.0959. The van der Waals surface area contributed by atoms with Gasteiger partial charge in [-0.2, -0.15) is 0 Å². The highest BCUT2D eigenvalue weighted by Crippen LogP contribution is 2.33. The number of amides is 1. The summed E-state index contributed by atoms with van der Waals surface area (Å²) >= 11 is 5.74. The van der Waals surface area contributed by atoms with Gasteiger partial charge in [0, 0.05) is 18.2 Å². The van der Waals surface area contributed by atoms with Gasteiger partial charge in [-0.3, -0.25) is 35.9 Å². The summed E-state index contributed by atoms with van der Waals surface area (Å²) in [6.07, 6.45) is 1.07. The summed E-state index contributed by atoms with van der Waals surface area (Å²) in [6, 6.07) is 8.65. The first-order valence-electron chi connectivity index (χ1n) is 9.45. The van der Waals surface area contributed by atoms with Crippen LogP contribution in [0.1, 0.15) is 15.9 Å². The summed E-state index contributed by atoms with van der Waals surface area (Å²) < 4.78 is 10.6. The second-order valence-electron chi connectivity index (χ2n) is 6.72. The molecule has 3 N–H and O–H groups in total. The third-order valence-corrected chi connectivity index (χ3v) is 4.92. The number of fused-ring (bicyclic) bond motifs is 1. The fourth-order valence-corrected chi connectivity index (χ4v) is 3.18. The second kappa shape index (κ2) is 9.41. The summed E-state index contributed by atoms with van der Waals surface area (Å²) in [6.45, 7) is 0.294. The number of hydrogen-bond donors (Lipinski definition) is 3. The van der Waals surface area contributed by atoms with Crippen molar-refractivity contribution >= 4 is 40.5 Å². The van der Waals surface area contributed by atoms with Crippen LogP contribution in [0.5, 0.6) is 11.5 Å². The molecule has 0 radical (unpaired) electrons. The summed E-state index contributed by atoms with van der Waals surface area (Å²) in [5.41, 5.74) is 4.25. The van der Waals surface area contributed by atoms with E-state index in [9.17, 15) is 25.0 Å². The lowest BCUT2D eigenvalue weighted by atomic mass is 10.2. The fourth-order valence-electron chi connectivity index (χ4n) is 2.99. The first-order valence-corrected chi connectivity index (χ1v) is 9.83. The van der Waals surface area contributed by atoms with Crippen LogP contribution >= 0.6 is 11.6 Å². The van der Waals surface area contributed by atoms with Gasteiger partial charge in [0.2, 0.25) is 18.4 Å². The van der Waals surface area contributed by atoms with Gasteiger partial charge >= 0.3 is 5.69 Å². The van der Waals surface area contributed by atoms with Crippen molar-refractivity contribution in [1.82, 2.24) is 15.4 Å². The van der Waals surface area contributed by atoms with E-state index in [2.05, 4.69) is 26.1 Å². The highest BCUT2D eigenvalue weighted by Gasteiger charge is 2.24. The largest absolute Gasteiger partial charge is 0.454 e. The first kappa shape index (κ1) is 22.5. The summed E-state index contributed by atoms with van der Waals surface area (Å²) in [5, 5.41) is 25.4. The van der Waals surface area contributed by atoms with Crippen LogP contribution in [0, 0.1) is 20.2 Å². The van der Waals surface area contributed by atoms with Crippen molar-refractivity contribution in [2.75, 3.05) is 17.5 Å². The molecule has 0 saturated carbocycles. The molecule has 3 aromatic rings. The number of carbonyl (C=O) groups excluding carboxylic acids is 1. The van der Waals surface area contributed by atoms with E-state index in [4.69, 9.17) is 21.1 Å². The highest BCUT2D eigenvalue weighted by atomic mass is 35.5. The normalized spacial score (nSPS) is 11.6. The standard InChI is InChI=1S/C19H14ClN7O7/c20-12-3-2-11(6-13(12)26(29)30)19(28)25-24-18-16(27(31)32)17(22-8-23-18)21-7-10-1-4-14-15(5-10)34-9-33-14/h1-6,8H,7,9H2,(H,25,28)(H2,21,22,23,24). The number of halogens is 1. The molecular formula is C19H14ClN7O7. The molecule has 0 fully saturated rings. The van der Waals surface area contributed by atoms with E-state index in [0.29, 0.717) is 11.5 Å². The van der Waals surface area contributed by atoms with Crippen LogP contribution in [-0.4, -0.2) is 32.5 Å². The van der Waals surface area contributed by atoms with Crippen molar-refractivity contribution in [3.8, 4) is 11.5 Å². The molecule has 2 heterocycles. The number of nitro groups is 2. The number of rotatable bonds is 8. The zero-order valence-electron chi connectivity index (χ0n) is 17.0. The van der Waals surface area contributed by atoms with E-state index < -0.39 is 27.1 Å². The third kappa shape index (κ3) is 4.71. The van der Waals surface area contributed by atoms with Crippen LogP contribution < -0.4 is 25.6 Å². The molecule has 0 bridgehead atoms. The number of carbonyl (C=O) groups is 1. The summed E-state index contributed by atoms with van der Waals surface area (Å²) in [5.74, 6) is -0.0434. The smallest absolute Gasteiger partial charge is 0.354 e. The van der Waals surface area contributed by atoms with Gasteiger partial charge in [-0.15, -0.1) is 0 Å². The molecule has 14 nitrogen and oxygen atoms in total. The lowest BCUT2D eigenvalue weighted by Gasteiger charge is -2.11. The van der Waals surface area contributed by atoms with Crippen molar-refractivity contribution in [2.24, 2.45) is 0 Å². The van der Waals surface area contributed by atoms with Gasteiger partial charge in [-0.05, 0) is 29.8 Å². The molecule has 1 aliphatic heterocycles. The molecule has 34 heavy (non-hydrogen) atoms. The number of nitro benzene ring substituents is 1. The number of nitrogens with one attached hydrogen (secondary N) is 3. The van der Waals surface area contributed by atoms with Gasteiger partial charge in [-0.25, -0.2) is 9.97 Å². The van der Waals surface area contributed by atoms with Crippen molar-refractivity contribution in [1.29, 1.82) is 0 Å². The molecule has 0 atom stereocenters. The molecule has 4 rings (SSSR count). The SMILES string of the molecule is O=C(NNc1ncnc(NCc2ccc3c(c2)OCO3)c1[N+](=O)[O-])c1ccc(Cl)c([N+](=O)[O-])c1. The van der Waals surface area contributed by atoms with Crippen molar-refractivity contribution in [3.63, 3.8) is 0 Å². The van der Waals surface area contributed by atoms with Gasteiger partial charge in [0.15, 0.2) is 11.5 Å². The number of anilines is 2. The Hall–Kier alpha value is -4.72. The predicted octanol–water partition coefficient (Wildman–Crippen LogP) is 3.04. The van der Waals surface area contributed by atoms with Gasteiger partial charge in [0.25, 0.3) is 11.6 Å². The zero-order valence-corrected chi connectivity index (χ0v) is 17.7. The minimum atomic E-state index is -0.803. The van der Waals surface area contributed by atoms with Gasteiger partial charge in [-0.1, -0.05) is 17.7 Å². The number of aromatic nitrogens is 2. The predicted molar refractivity (Wildman–Crippen MR) is 118 cm³/mol. The van der Waals surface area contributed by atoms with Crippen LogP contribution in [0.4, 0.5) is 23.0 Å². The monoisotopic (exact) mass is 487 g/mol. The van der Waals surface area contributed by atoms with Crippen LogP contribution in [-0.2, 0) is 6.54 Å². The van der Waals surface area contributed by atoms with Crippen LogP contribution in [0.2, 0.25) is 5.02 Å². The maximum atomic E-state index is 12.4. The molecular weight excluding hydrogens is 474 g/mol. The van der Waals surface area contributed by atoms with Crippen molar-refractivity contribution in [3.05, 3.63) is 79.1 Å². The van der Waals surface area contributed by atoms with Crippen molar-refractivity contribution in [2.45, 2.75) is 6.54 Å². The third-order valence-electron chi connectivity index (χ3n) is 4.60. The zero-order chi connectivity index (χ0) is 24.2. The molecule has 1 amide bonds. The van der Waals surface area contributed by atoms with Gasteiger partial charge in [0.1, 0.15) is 11.3 Å². The number of ether oxygens (including phenoxy) is 2. The summed E-state index contributed by atoms with van der Waals surface area (Å²) in [4.78, 5) is 41.3. The molecule has 2 aromatic carbocycles. The summed E-state index contributed by atoms with van der Waals surface area (Å²) in [7, 11) is 0. The minimum Gasteiger partial charge on any atom is -0.454 e. The Labute approximate surface area is 195 Å². The molecule has 0 saturated heterocycles. The highest BCUT2D eigenvalue weighted by molar-refractivity contribution is 6.32. The Morgan fingerprint density at radius 2 is 1.79 bits per heavy atom. The molecule has 174 valence electrons. The van der Waals surface area contributed by atoms with E-state index in [1.165, 1.54) is 12.1 Å². The maximum absolute atomic E-state index is 12.4. The second-order valence-corrected chi connectivity index (χ2v) is 7.13. The number of hydrogen-bond acceptors (Lipinski definition) is 11. The van der Waals surface area contributed by atoms with Gasteiger partial charge in [0.05, 0.1) is 9.85 Å². The first-order chi connectivity index (χ1) is 16.3. The Bertz CT molecular complexity index is 1300. The average molecular weight is 488 g/mol. The molecule has 15 heteroatoms. The van der Waals surface area contributed by atoms with E-state index in [-0.39, 0.29) is 35.6 Å². The average Bonchev–Trinajstić information content (AvgIpc) is 3.29. The van der Waals surface area contributed by atoms with E-state index >= 15 is 0 Å². The quantitative estimate of drug-likeness (QED) is 0.313.